The Bertz CT molecular complexity index is 405. The van der Waals surface area contributed by atoms with E-state index in [9.17, 15) is 0 Å². The molecule has 1 unspecified atom stereocenters. The van der Waals surface area contributed by atoms with E-state index in [1.807, 2.05) is 0 Å². The van der Waals surface area contributed by atoms with Gasteiger partial charge in [0.25, 0.3) is 0 Å². The van der Waals surface area contributed by atoms with Gasteiger partial charge in [-0.2, -0.15) is 0 Å². The third kappa shape index (κ3) is 2.76. The van der Waals surface area contributed by atoms with Crippen LogP contribution in [-0.4, -0.2) is 19.3 Å². The Hall–Kier alpha value is -0.860. The SMILES string of the molecule is COC(C)(C)Cc1ccccc1C1(C)CCCN1. The van der Waals surface area contributed by atoms with E-state index < -0.39 is 0 Å². The molecule has 1 aromatic carbocycles. The number of nitrogens with one attached hydrogen (secondary N) is 1. The van der Waals surface area contributed by atoms with Crippen molar-refractivity contribution in [3.63, 3.8) is 0 Å². The maximum Gasteiger partial charge on any atom is 0.0663 e. The Morgan fingerprint density at radius 1 is 1.33 bits per heavy atom. The number of ether oxygens (including phenoxy) is 1. The Balaban J connectivity index is 2.31. The van der Waals surface area contributed by atoms with Crippen LogP contribution in [0.1, 0.15) is 44.7 Å². The van der Waals surface area contributed by atoms with Crippen molar-refractivity contribution in [2.45, 2.75) is 51.2 Å². The normalized spacial score (nSPS) is 24.4. The number of hydrogen-bond donors (Lipinski definition) is 1. The van der Waals surface area contributed by atoms with Crippen molar-refractivity contribution in [1.82, 2.24) is 5.32 Å². The van der Waals surface area contributed by atoms with Crippen LogP contribution in [0, 0.1) is 0 Å². The van der Waals surface area contributed by atoms with Gasteiger partial charge >= 0.3 is 0 Å². The molecule has 2 heteroatoms. The van der Waals surface area contributed by atoms with Crippen molar-refractivity contribution in [2.75, 3.05) is 13.7 Å². The van der Waals surface area contributed by atoms with Gasteiger partial charge in [0.05, 0.1) is 5.60 Å². The summed E-state index contributed by atoms with van der Waals surface area (Å²) in [5.41, 5.74) is 2.87. The van der Waals surface area contributed by atoms with E-state index in [1.54, 1.807) is 7.11 Å². The van der Waals surface area contributed by atoms with E-state index in [4.69, 9.17) is 4.74 Å². The van der Waals surface area contributed by atoms with Gasteiger partial charge in [0.1, 0.15) is 0 Å². The highest BCUT2D eigenvalue weighted by Gasteiger charge is 2.32. The van der Waals surface area contributed by atoms with E-state index >= 15 is 0 Å². The Kier molecular flexibility index (Phi) is 3.79. The van der Waals surface area contributed by atoms with Gasteiger partial charge in [0.15, 0.2) is 0 Å². The standard InChI is InChI=1S/C16H25NO/c1-15(2,18-4)12-13-8-5-6-9-14(13)16(3)10-7-11-17-16/h5-6,8-9,17H,7,10-12H2,1-4H3. The van der Waals surface area contributed by atoms with Crippen LogP contribution in [0.4, 0.5) is 0 Å². The van der Waals surface area contributed by atoms with Crippen LogP contribution in [0.3, 0.4) is 0 Å². The lowest BCUT2D eigenvalue weighted by atomic mass is 9.83. The zero-order valence-electron chi connectivity index (χ0n) is 12.0. The summed E-state index contributed by atoms with van der Waals surface area (Å²) >= 11 is 0. The van der Waals surface area contributed by atoms with Gasteiger partial charge in [-0.1, -0.05) is 24.3 Å². The highest BCUT2D eigenvalue weighted by atomic mass is 16.5. The Morgan fingerprint density at radius 2 is 2.06 bits per heavy atom. The molecule has 0 bridgehead atoms. The molecule has 1 atom stereocenters. The molecule has 0 radical (unpaired) electrons. The summed E-state index contributed by atoms with van der Waals surface area (Å²) in [7, 11) is 1.79. The molecule has 18 heavy (non-hydrogen) atoms. The van der Waals surface area contributed by atoms with Crippen LogP contribution in [0.2, 0.25) is 0 Å². The molecule has 1 aromatic rings. The first-order chi connectivity index (χ1) is 8.47. The third-order valence-corrected chi connectivity index (χ3v) is 4.15. The maximum atomic E-state index is 5.57. The average molecular weight is 247 g/mol. The molecule has 2 nitrogen and oxygen atoms in total. The van der Waals surface area contributed by atoms with Crippen molar-refractivity contribution < 1.29 is 4.74 Å². The third-order valence-electron chi connectivity index (χ3n) is 4.15. The molecule has 1 aliphatic rings. The number of methoxy groups -OCH3 is 1. The summed E-state index contributed by atoms with van der Waals surface area (Å²) in [5.74, 6) is 0. The number of rotatable bonds is 4. The minimum absolute atomic E-state index is 0.106. The molecule has 100 valence electrons. The minimum Gasteiger partial charge on any atom is -0.378 e. The van der Waals surface area contributed by atoms with Crippen molar-refractivity contribution >= 4 is 0 Å². The predicted octanol–water partition coefficient (Wildman–Crippen LogP) is 3.25. The van der Waals surface area contributed by atoms with Gasteiger partial charge in [-0.25, -0.2) is 0 Å². The molecule has 1 heterocycles. The van der Waals surface area contributed by atoms with E-state index in [0.717, 1.165) is 13.0 Å². The molecule has 0 aromatic heterocycles. The molecule has 2 rings (SSSR count). The fourth-order valence-electron chi connectivity index (χ4n) is 2.87. The molecule has 1 aliphatic heterocycles. The summed E-state index contributed by atoms with van der Waals surface area (Å²) in [6, 6.07) is 8.77. The second kappa shape index (κ2) is 5.02. The molecule has 0 spiro atoms. The highest BCUT2D eigenvalue weighted by Crippen LogP contribution is 2.34. The van der Waals surface area contributed by atoms with E-state index in [1.165, 1.54) is 24.0 Å². The summed E-state index contributed by atoms with van der Waals surface area (Å²) < 4.78 is 5.57. The van der Waals surface area contributed by atoms with Gasteiger partial charge in [-0.15, -0.1) is 0 Å². The van der Waals surface area contributed by atoms with Crippen LogP contribution in [0.15, 0.2) is 24.3 Å². The molecule has 1 fully saturated rings. The van der Waals surface area contributed by atoms with Crippen molar-refractivity contribution in [3.05, 3.63) is 35.4 Å². The van der Waals surface area contributed by atoms with Crippen LogP contribution in [-0.2, 0) is 16.7 Å². The van der Waals surface area contributed by atoms with Gasteiger partial charge in [0, 0.05) is 19.1 Å². The van der Waals surface area contributed by atoms with Gasteiger partial charge in [-0.05, 0) is 51.3 Å². The average Bonchev–Trinajstić information content (AvgIpc) is 2.77. The maximum absolute atomic E-state index is 5.57. The first-order valence-corrected chi connectivity index (χ1v) is 6.85. The number of benzene rings is 1. The van der Waals surface area contributed by atoms with E-state index in [-0.39, 0.29) is 11.1 Å². The van der Waals surface area contributed by atoms with E-state index in [0.29, 0.717) is 0 Å². The predicted molar refractivity (Wildman–Crippen MR) is 75.8 cm³/mol. The molecule has 0 saturated carbocycles. The number of hydrogen-bond acceptors (Lipinski definition) is 2. The summed E-state index contributed by atoms with van der Waals surface area (Å²) in [6.07, 6.45) is 3.44. The molecule has 1 saturated heterocycles. The monoisotopic (exact) mass is 247 g/mol. The zero-order valence-corrected chi connectivity index (χ0v) is 12.0. The lowest BCUT2D eigenvalue weighted by Crippen LogP contribution is -2.35. The first-order valence-electron chi connectivity index (χ1n) is 6.85. The molecule has 0 aliphatic carbocycles. The summed E-state index contributed by atoms with van der Waals surface area (Å²) in [6.45, 7) is 7.74. The van der Waals surface area contributed by atoms with E-state index in [2.05, 4.69) is 50.4 Å². The highest BCUT2D eigenvalue weighted by molar-refractivity contribution is 5.35. The molecule has 0 amide bonds. The lowest BCUT2D eigenvalue weighted by Gasteiger charge is -2.31. The van der Waals surface area contributed by atoms with Gasteiger partial charge < -0.3 is 10.1 Å². The molecular weight excluding hydrogens is 222 g/mol. The first kappa shape index (κ1) is 13.6. The van der Waals surface area contributed by atoms with Crippen LogP contribution in [0.25, 0.3) is 0 Å². The fraction of sp³-hybridized carbons (Fsp3) is 0.625. The van der Waals surface area contributed by atoms with Crippen LogP contribution < -0.4 is 5.32 Å². The quantitative estimate of drug-likeness (QED) is 0.882. The fourth-order valence-corrected chi connectivity index (χ4v) is 2.87. The minimum atomic E-state index is -0.106. The lowest BCUT2D eigenvalue weighted by molar-refractivity contribution is 0.0228. The Morgan fingerprint density at radius 3 is 2.67 bits per heavy atom. The molecule has 1 N–H and O–H groups in total. The summed E-state index contributed by atoms with van der Waals surface area (Å²) in [4.78, 5) is 0. The van der Waals surface area contributed by atoms with Crippen molar-refractivity contribution in [1.29, 1.82) is 0 Å². The van der Waals surface area contributed by atoms with Crippen LogP contribution >= 0.6 is 0 Å². The topological polar surface area (TPSA) is 21.3 Å². The van der Waals surface area contributed by atoms with Crippen LogP contribution in [0.5, 0.6) is 0 Å². The van der Waals surface area contributed by atoms with Gasteiger partial charge in [-0.3, -0.25) is 0 Å². The van der Waals surface area contributed by atoms with Gasteiger partial charge in [0.2, 0.25) is 0 Å². The smallest absolute Gasteiger partial charge is 0.0663 e. The largest absolute Gasteiger partial charge is 0.378 e. The van der Waals surface area contributed by atoms with Crippen molar-refractivity contribution in [3.8, 4) is 0 Å². The molecular formula is C16H25NO. The zero-order chi connectivity index (χ0) is 13.2. The Labute approximate surface area is 111 Å². The van der Waals surface area contributed by atoms with Crippen molar-refractivity contribution in [2.24, 2.45) is 0 Å². The summed E-state index contributed by atoms with van der Waals surface area (Å²) in [5, 5.41) is 3.65. The second-order valence-electron chi connectivity index (χ2n) is 6.16. The second-order valence-corrected chi connectivity index (χ2v) is 6.16.